The molecule has 0 saturated carbocycles. The first-order chi connectivity index (χ1) is 21.5. The van der Waals surface area contributed by atoms with Gasteiger partial charge in [0.2, 0.25) is 11.8 Å². The molecule has 1 aromatic carbocycles. The molecular formula is C34H42ClN3O7. The first-order valence-corrected chi connectivity index (χ1v) is 14.9. The number of esters is 1. The van der Waals surface area contributed by atoms with E-state index in [0.717, 1.165) is 11.1 Å². The number of halogens is 1. The van der Waals surface area contributed by atoms with Gasteiger partial charge in [0.25, 0.3) is 0 Å². The van der Waals surface area contributed by atoms with Gasteiger partial charge in [-0.2, -0.15) is 0 Å². The van der Waals surface area contributed by atoms with Crippen LogP contribution < -0.4 is 16.4 Å². The molecule has 1 aliphatic heterocycles. The maximum atomic E-state index is 13.0. The second kappa shape index (κ2) is 19.7. The van der Waals surface area contributed by atoms with Crippen molar-refractivity contribution in [3.05, 3.63) is 107 Å². The van der Waals surface area contributed by atoms with Gasteiger partial charge in [0.15, 0.2) is 5.76 Å². The molecule has 0 spiro atoms. The number of hydrogen-bond donors (Lipinski definition) is 3. The first-order valence-electron chi connectivity index (χ1n) is 14.5. The molecule has 1 heterocycles. The average molecular weight is 640 g/mol. The minimum atomic E-state index is -0.905. The SMILES string of the molecule is COC1=CC[C@@H]([C@@H](C)C=C(C)C=CC=CC(=O)N[C@@H](Cc2ccccc2)C(=O)NC=CC[C@H](CC=C(C)Cl)OC(N)=O)OC1=O. The fraction of sp³-hybridized carbons (Fsp3) is 0.353. The molecule has 0 bridgehead atoms. The summed E-state index contributed by atoms with van der Waals surface area (Å²) < 4.78 is 15.5. The molecule has 0 aliphatic carbocycles. The van der Waals surface area contributed by atoms with Crippen LogP contribution in [-0.4, -0.2) is 49.2 Å². The van der Waals surface area contributed by atoms with E-state index in [1.54, 1.807) is 37.3 Å². The minimum absolute atomic E-state index is 0.0277. The zero-order chi connectivity index (χ0) is 33.2. The van der Waals surface area contributed by atoms with E-state index in [2.05, 4.69) is 10.6 Å². The Hall–Kier alpha value is -4.57. The third-order valence-corrected chi connectivity index (χ3v) is 6.80. The number of allylic oxidation sites excluding steroid dienone is 5. The summed E-state index contributed by atoms with van der Waals surface area (Å²) in [5, 5.41) is 5.99. The highest BCUT2D eigenvalue weighted by atomic mass is 35.5. The molecule has 4 atom stereocenters. The van der Waals surface area contributed by atoms with Gasteiger partial charge in [-0.05, 0) is 31.7 Å². The second-order valence-corrected chi connectivity index (χ2v) is 11.0. The summed E-state index contributed by atoms with van der Waals surface area (Å²) in [7, 11) is 1.43. The van der Waals surface area contributed by atoms with Crippen LogP contribution in [0, 0.1) is 5.92 Å². The van der Waals surface area contributed by atoms with Crippen molar-refractivity contribution in [2.45, 2.75) is 64.7 Å². The molecule has 3 amide bonds. The lowest BCUT2D eigenvalue weighted by molar-refractivity contribution is -0.151. The molecule has 11 heteroatoms. The molecule has 1 aliphatic rings. The summed E-state index contributed by atoms with van der Waals surface area (Å²) in [5.41, 5.74) is 6.95. The number of benzene rings is 1. The van der Waals surface area contributed by atoms with Gasteiger partial charge in [0.1, 0.15) is 18.2 Å². The van der Waals surface area contributed by atoms with Crippen LogP contribution >= 0.6 is 11.6 Å². The Morgan fingerprint density at radius 2 is 1.84 bits per heavy atom. The fourth-order valence-electron chi connectivity index (χ4n) is 4.36. The van der Waals surface area contributed by atoms with E-state index in [1.807, 2.05) is 56.3 Å². The van der Waals surface area contributed by atoms with Gasteiger partial charge >= 0.3 is 12.1 Å². The molecule has 0 unspecified atom stereocenters. The van der Waals surface area contributed by atoms with Crippen LogP contribution in [0.2, 0.25) is 0 Å². The van der Waals surface area contributed by atoms with Crippen LogP contribution in [0.3, 0.4) is 0 Å². The van der Waals surface area contributed by atoms with E-state index >= 15 is 0 Å². The Labute approximate surface area is 269 Å². The minimum Gasteiger partial charge on any atom is -0.490 e. The van der Waals surface area contributed by atoms with Crippen molar-refractivity contribution < 1.29 is 33.4 Å². The lowest BCUT2D eigenvalue weighted by atomic mass is 9.97. The number of cyclic esters (lactones) is 1. The molecule has 45 heavy (non-hydrogen) atoms. The van der Waals surface area contributed by atoms with Crippen molar-refractivity contribution >= 4 is 35.5 Å². The molecule has 2 rings (SSSR count). The number of carbonyl (C=O) groups is 4. The summed E-state index contributed by atoms with van der Waals surface area (Å²) in [6.07, 6.45) is 14.7. The summed E-state index contributed by atoms with van der Waals surface area (Å²) in [6, 6.07) is 8.47. The zero-order valence-electron chi connectivity index (χ0n) is 26.0. The normalized spacial score (nSPS) is 17.8. The van der Waals surface area contributed by atoms with Crippen molar-refractivity contribution in [1.29, 1.82) is 0 Å². The zero-order valence-corrected chi connectivity index (χ0v) is 26.8. The van der Waals surface area contributed by atoms with Crippen LogP contribution in [0.1, 0.15) is 45.6 Å². The average Bonchev–Trinajstić information content (AvgIpc) is 2.99. The standard InChI is InChI=1S/C34H42ClN3O7/c1-23(21-24(2)29-18-19-30(43-4)33(41)45-29)11-8-9-15-31(39)38-28(22-26-12-6-5-7-13-26)32(40)37-20-10-14-27(44-34(36)42)17-16-25(3)35/h5-13,15-16,19-21,24,27-29H,14,17-18,22H2,1-4H3,(H2,36,42)(H,37,40)(H,38,39)/t24-,27+,28-,29-/m0/s1. The molecule has 0 aromatic heterocycles. The molecular weight excluding hydrogens is 598 g/mol. The van der Waals surface area contributed by atoms with E-state index < -0.39 is 36.0 Å². The van der Waals surface area contributed by atoms with E-state index in [-0.39, 0.29) is 24.2 Å². The van der Waals surface area contributed by atoms with Crippen molar-refractivity contribution in [2.24, 2.45) is 11.7 Å². The first kappa shape index (κ1) is 36.6. The van der Waals surface area contributed by atoms with Gasteiger partial charge < -0.3 is 30.6 Å². The number of amides is 3. The number of nitrogens with two attached hydrogens (primary N) is 1. The van der Waals surface area contributed by atoms with Gasteiger partial charge in [-0.1, -0.05) is 90.9 Å². The van der Waals surface area contributed by atoms with E-state index in [1.165, 1.54) is 19.4 Å². The molecule has 0 radical (unpaired) electrons. The van der Waals surface area contributed by atoms with Crippen molar-refractivity contribution in [2.75, 3.05) is 7.11 Å². The smallest absolute Gasteiger partial charge is 0.404 e. The quantitative estimate of drug-likeness (QED) is 0.127. The van der Waals surface area contributed by atoms with Gasteiger partial charge in [-0.25, -0.2) is 9.59 Å². The van der Waals surface area contributed by atoms with Crippen LogP contribution in [0.5, 0.6) is 0 Å². The number of primary amides is 1. The second-order valence-electron chi connectivity index (χ2n) is 10.4. The molecule has 1 aromatic rings. The van der Waals surface area contributed by atoms with Crippen LogP contribution in [-0.2, 0) is 35.0 Å². The summed E-state index contributed by atoms with van der Waals surface area (Å²) in [5.74, 6) is -1.14. The molecule has 242 valence electrons. The van der Waals surface area contributed by atoms with Crippen LogP contribution in [0.15, 0.2) is 102 Å². The van der Waals surface area contributed by atoms with Gasteiger partial charge in [0, 0.05) is 42.7 Å². The molecule has 10 nitrogen and oxygen atoms in total. The maximum Gasteiger partial charge on any atom is 0.404 e. The number of ether oxygens (including phenoxy) is 3. The van der Waals surface area contributed by atoms with E-state index in [4.69, 9.17) is 31.5 Å². The summed E-state index contributed by atoms with van der Waals surface area (Å²) >= 11 is 5.86. The maximum absolute atomic E-state index is 13.0. The highest BCUT2D eigenvalue weighted by Crippen LogP contribution is 2.22. The van der Waals surface area contributed by atoms with Gasteiger partial charge in [-0.3, -0.25) is 9.59 Å². The Morgan fingerprint density at radius 1 is 1.13 bits per heavy atom. The van der Waals surface area contributed by atoms with E-state index in [0.29, 0.717) is 24.3 Å². The topological polar surface area (TPSA) is 146 Å². The largest absolute Gasteiger partial charge is 0.490 e. The lowest BCUT2D eigenvalue weighted by Gasteiger charge is -2.25. The Kier molecular flexibility index (Phi) is 16.0. The Bertz CT molecular complexity index is 1340. The highest BCUT2D eigenvalue weighted by molar-refractivity contribution is 6.29. The van der Waals surface area contributed by atoms with E-state index in [9.17, 15) is 19.2 Å². The predicted molar refractivity (Wildman–Crippen MR) is 173 cm³/mol. The van der Waals surface area contributed by atoms with Crippen molar-refractivity contribution in [3.8, 4) is 0 Å². The Balaban J connectivity index is 1.98. The van der Waals surface area contributed by atoms with Gasteiger partial charge in [-0.15, -0.1) is 0 Å². The summed E-state index contributed by atoms with van der Waals surface area (Å²) in [6.45, 7) is 5.58. The number of methoxy groups -OCH3 is 1. The molecule has 0 fully saturated rings. The van der Waals surface area contributed by atoms with Crippen molar-refractivity contribution in [3.63, 3.8) is 0 Å². The third kappa shape index (κ3) is 14.6. The number of hydrogen-bond acceptors (Lipinski definition) is 7. The number of carbonyl (C=O) groups excluding carboxylic acids is 4. The van der Waals surface area contributed by atoms with Crippen molar-refractivity contribution in [1.82, 2.24) is 10.6 Å². The van der Waals surface area contributed by atoms with Crippen LogP contribution in [0.4, 0.5) is 4.79 Å². The lowest BCUT2D eigenvalue weighted by Crippen LogP contribution is -2.46. The molecule has 4 N–H and O–H groups in total. The highest BCUT2D eigenvalue weighted by Gasteiger charge is 2.27. The molecule has 0 saturated heterocycles. The predicted octanol–water partition coefficient (Wildman–Crippen LogP) is 5.27. The monoisotopic (exact) mass is 639 g/mol. The van der Waals surface area contributed by atoms with Gasteiger partial charge in [0.05, 0.1) is 7.11 Å². The number of nitrogens with one attached hydrogen (secondary N) is 2. The number of rotatable bonds is 16. The van der Waals surface area contributed by atoms with Crippen LogP contribution in [0.25, 0.3) is 0 Å². The third-order valence-electron chi connectivity index (χ3n) is 6.65. The fourth-order valence-corrected chi connectivity index (χ4v) is 4.45. The Morgan fingerprint density at radius 3 is 2.49 bits per heavy atom. The summed E-state index contributed by atoms with van der Waals surface area (Å²) in [4.78, 5) is 48.9.